The Labute approximate surface area is 205 Å². The molecular formula is C25H37F3N4O3. The summed E-state index contributed by atoms with van der Waals surface area (Å²) in [5.41, 5.74) is -0.734. The summed E-state index contributed by atoms with van der Waals surface area (Å²) in [6, 6.07) is 1.61. The number of carbonyl (C=O) groups excluding carboxylic acids is 1. The molecule has 1 aliphatic carbocycles. The molecule has 0 radical (unpaired) electrons. The first-order chi connectivity index (χ1) is 16.6. The van der Waals surface area contributed by atoms with Gasteiger partial charge in [0.15, 0.2) is 0 Å². The van der Waals surface area contributed by atoms with Gasteiger partial charge in [0.2, 0.25) is 5.91 Å². The largest absolute Gasteiger partial charge is 0.417 e. The predicted octanol–water partition coefficient (Wildman–Crippen LogP) is 3.34. The van der Waals surface area contributed by atoms with E-state index in [4.69, 9.17) is 9.47 Å². The molecule has 35 heavy (non-hydrogen) atoms. The monoisotopic (exact) mass is 498 g/mol. The van der Waals surface area contributed by atoms with Crippen molar-refractivity contribution in [3.05, 3.63) is 24.0 Å². The van der Waals surface area contributed by atoms with Crippen molar-refractivity contribution in [3.8, 4) is 0 Å². The molecule has 3 fully saturated rings. The molecule has 0 spiro atoms. The zero-order valence-corrected chi connectivity index (χ0v) is 20.8. The number of methoxy groups -OCH3 is 1. The molecule has 1 saturated carbocycles. The van der Waals surface area contributed by atoms with Crippen molar-refractivity contribution < 1.29 is 27.4 Å². The van der Waals surface area contributed by atoms with Gasteiger partial charge in [-0.15, -0.1) is 0 Å². The Hall–Kier alpha value is -1.91. The number of anilines is 1. The first kappa shape index (κ1) is 26.2. The lowest BCUT2D eigenvalue weighted by atomic mass is 9.74. The van der Waals surface area contributed by atoms with E-state index in [0.717, 1.165) is 37.9 Å². The number of alkyl halides is 3. The number of rotatable bonds is 6. The maximum Gasteiger partial charge on any atom is 0.417 e. The van der Waals surface area contributed by atoms with E-state index >= 15 is 0 Å². The summed E-state index contributed by atoms with van der Waals surface area (Å²) in [4.78, 5) is 21.4. The molecule has 2 saturated heterocycles. The van der Waals surface area contributed by atoms with Crippen LogP contribution >= 0.6 is 0 Å². The maximum atomic E-state index is 13.8. The van der Waals surface area contributed by atoms with Crippen molar-refractivity contribution in [2.24, 2.45) is 11.3 Å². The minimum atomic E-state index is -4.43. The topological polar surface area (TPSA) is 66.9 Å². The van der Waals surface area contributed by atoms with E-state index in [-0.39, 0.29) is 30.0 Å². The van der Waals surface area contributed by atoms with Gasteiger partial charge in [-0.05, 0) is 37.7 Å². The second-order valence-corrected chi connectivity index (χ2v) is 10.4. The van der Waals surface area contributed by atoms with Crippen LogP contribution in [0.3, 0.4) is 0 Å². The summed E-state index contributed by atoms with van der Waals surface area (Å²) >= 11 is 0. The molecule has 0 aromatic carbocycles. The van der Waals surface area contributed by atoms with Crippen molar-refractivity contribution in [1.82, 2.24) is 15.2 Å². The van der Waals surface area contributed by atoms with Gasteiger partial charge in [-0.2, -0.15) is 13.2 Å². The summed E-state index contributed by atoms with van der Waals surface area (Å²) in [6.07, 6.45) is 1.35. The van der Waals surface area contributed by atoms with Crippen LogP contribution in [0.15, 0.2) is 18.5 Å². The second kappa shape index (κ2) is 10.6. The standard InChI is InChI=1S/C25H37F3N4O3/c1-17(2)24(6-4-19(13-24)30-21-5-11-35-16-22(21)34-3)23(33)32-9-7-31(8-10-32)20-12-18(14-29-15-20)25(26,27)28/h12,14-15,17,19,21-22,30H,4-11,13,16H2,1-3H3/t19-,21?,22?,24+/m1/s1. The molecule has 4 atom stereocenters. The summed E-state index contributed by atoms with van der Waals surface area (Å²) in [5, 5.41) is 3.75. The fraction of sp³-hybridized carbons (Fsp3) is 0.760. The fourth-order valence-electron chi connectivity index (χ4n) is 5.86. The summed E-state index contributed by atoms with van der Waals surface area (Å²) in [7, 11) is 1.71. The number of ether oxygens (including phenoxy) is 2. The average molecular weight is 499 g/mol. The Morgan fingerprint density at radius 3 is 2.63 bits per heavy atom. The minimum absolute atomic E-state index is 0.0203. The number of carbonyl (C=O) groups is 1. The van der Waals surface area contributed by atoms with E-state index in [1.165, 1.54) is 6.20 Å². The zero-order valence-electron chi connectivity index (χ0n) is 20.8. The quantitative estimate of drug-likeness (QED) is 0.649. The van der Waals surface area contributed by atoms with Crippen LogP contribution in [0.5, 0.6) is 0 Å². The van der Waals surface area contributed by atoms with Crippen LogP contribution < -0.4 is 10.2 Å². The summed E-state index contributed by atoms with van der Waals surface area (Å²) in [5.74, 6) is 0.370. The number of aromatic nitrogens is 1. The lowest BCUT2D eigenvalue weighted by molar-refractivity contribution is -0.145. The molecule has 0 bridgehead atoms. The Morgan fingerprint density at radius 1 is 1.23 bits per heavy atom. The molecule has 1 amide bonds. The van der Waals surface area contributed by atoms with Gasteiger partial charge in [0.25, 0.3) is 0 Å². The smallest absolute Gasteiger partial charge is 0.379 e. The number of halogens is 3. The van der Waals surface area contributed by atoms with Crippen molar-refractivity contribution >= 4 is 11.6 Å². The highest BCUT2D eigenvalue weighted by Crippen LogP contribution is 2.46. The third-order valence-electron chi connectivity index (χ3n) is 8.12. The molecule has 3 heterocycles. The van der Waals surface area contributed by atoms with Crippen LogP contribution in [0, 0.1) is 11.3 Å². The van der Waals surface area contributed by atoms with Crippen LogP contribution in [0.4, 0.5) is 18.9 Å². The highest BCUT2D eigenvalue weighted by Gasteiger charge is 2.50. The SMILES string of the molecule is COC1COCCC1N[C@@H]1CC[C@@](C(=O)N2CCN(c3cncc(C(F)(F)F)c3)CC2)(C(C)C)C1. The molecule has 2 aliphatic heterocycles. The van der Waals surface area contributed by atoms with E-state index < -0.39 is 17.2 Å². The second-order valence-electron chi connectivity index (χ2n) is 10.4. The van der Waals surface area contributed by atoms with Crippen molar-refractivity contribution in [2.75, 3.05) is 51.4 Å². The van der Waals surface area contributed by atoms with E-state index in [0.29, 0.717) is 45.1 Å². The van der Waals surface area contributed by atoms with Crippen molar-refractivity contribution in [3.63, 3.8) is 0 Å². The van der Waals surface area contributed by atoms with Crippen molar-refractivity contribution in [2.45, 2.75) is 63.9 Å². The van der Waals surface area contributed by atoms with Crippen LogP contribution in [0.25, 0.3) is 0 Å². The van der Waals surface area contributed by atoms with E-state index in [1.54, 1.807) is 7.11 Å². The molecule has 4 rings (SSSR count). The zero-order chi connectivity index (χ0) is 25.2. The fourth-order valence-corrected chi connectivity index (χ4v) is 5.86. The van der Waals surface area contributed by atoms with Crippen LogP contribution in [-0.4, -0.2) is 80.5 Å². The van der Waals surface area contributed by atoms with Gasteiger partial charge in [-0.3, -0.25) is 9.78 Å². The number of amides is 1. The van der Waals surface area contributed by atoms with Gasteiger partial charge < -0.3 is 24.6 Å². The first-order valence-electron chi connectivity index (χ1n) is 12.6. The van der Waals surface area contributed by atoms with Gasteiger partial charge in [-0.25, -0.2) is 0 Å². The molecule has 3 aliphatic rings. The molecule has 7 nitrogen and oxygen atoms in total. The van der Waals surface area contributed by atoms with Gasteiger partial charge in [-0.1, -0.05) is 13.8 Å². The van der Waals surface area contributed by atoms with Crippen LogP contribution in [-0.2, 0) is 20.4 Å². The highest BCUT2D eigenvalue weighted by atomic mass is 19.4. The molecule has 1 aromatic rings. The molecular weight excluding hydrogens is 461 g/mol. The number of hydrogen-bond acceptors (Lipinski definition) is 6. The number of nitrogens with zero attached hydrogens (tertiary/aromatic N) is 3. The third-order valence-corrected chi connectivity index (χ3v) is 8.12. The highest BCUT2D eigenvalue weighted by molar-refractivity contribution is 5.84. The van der Waals surface area contributed by atoms with Gasteiger partial charge in [0.05, 0.1) is 35.6 Å². The number of pyridine rings is 1. The number of hydrogen-bond donors (Lipinski definition) is 1. The average Bonchev–Trinajstić information content (AvgIpc) is 3.29. The predicted molar refractivity (Wildman–Crippen MR) is 126 cm³/mol. The van der Waals surface area contributed by atoms with Gasteiger partial charge in [0.1, 0.15) is 0 Å². The minimum Gasteiger partial charge on any atom is -0.379 e. The molecule has 196 valence electrons. The van der Waals surface area contributed by atoms with Gasteiger partial charge in [0, 0.05) is 58.2 Å². The number of piperazine rings is 1. The Morgan fingerprint density at radius 2 is 1.97 bits per heavy atom. The lowest BCUT2D eigenvalue weighted by Gasteiger charge is -2.42. The van der Waals surface area contributed by atoms with Crippen LogP contribution in [0.1, 0.15) is 45.1 Å². The summed E-state index contributed by atoms with van der Waals surface area (Å²) < 4.78 is 50.4. The van der Waals surface area contributed by atoms with Crippen LogP contribution in [0.2, 0.25) is 0 Å². The lowest BCUT2D eigenvalue weighted by Crippen LogP contribution is -2.55. The van der Waals surface area contributed by atoms with Crippen molar-refractivity contribution in [1.29, 1.82) is 0 Å². The van der Waals surface area contributed by atoms with Gasteiger partial charge >= 0.3 is 6.18 Å². The molecule has 10 heteroatoms. The molecule has 1 N–H and O–H groups in total. The van der Waals surface area contributed by atoms with E-state index in [9.17, 15) is 18.0 Å². The maximum absolute atomic E-state index is 13.8. The van der Waals surface area contributed by atoms with E-state index in [1.807, 2.05) is 9.80 Å². The normalized spacial score (nSPS) is 30.2. The Bertz CT molecular complexity index is 876. The number of nitrogens with one attached hydrogen (secondary N) is 1. The van der Waals surface area contributed by atoms with E-state index in [2.05, 4.69) is 24.1 Å². The molecule has 1 aromatic heterocycles. The first-order valence-corrected chi connectivity index (χ1v) is 12.6. The molecule has 2 unspecified atom stereocenters. The Balaban J connectivity index is 1.38. The third kappa shape index (κ3) is 5.59. The Kier molecular flexibility index (Phi) is 7.92. The summed E-state index contributed by atoms with van der Waals surface area (Å²) in [6.45, 7) is 7.50.